The number of hydrogen-bond donors (Lipinski definition) is 0. The van der Waals surface area contributed by atoms with Crippen LogP contribution >= 0.6 is 11.6 Å². The second-order valence-corrected chi connectivity index (χ2v) is 4.42. The van der Waals surface area contributed by atoms with Gasteiger partial charge in [-0.3, -0.25) is 19.6 Å². The summed E-state index contributed by atoms with van der Waals surface area (Å²) in [6.45, 7) is 1.92. The smallest absolute Gasteiger partial charge is 0.305 e. The molecule has 0 fully saturated rings. The van der Waals surface area contributed by atoms with Crippen LogP contribution < -0.4 is 5.56 Å². The van der Waals surface area contributed by atoms with Gasteiger partial charge in [0.05, 0.1) is 17.2 Å². The fourth-order valence-corrected chi connectivity index (χ4v) is 2.05. The van der Waals surface area contributed by atoms with Crippen LogP contribution in [-0.2, 0) is 13.6 Å². The molecule has 0 atom stereocenters. The first kappa shape index (κ1) is 13.3. The second kappa shape index (κ2) is 4.85. The molecule has 0 saturated carbocycles. The lowest BCUT2D eigenvalue weighted by atomic mass is 10.2. The molecule has 2 rings (SSSR count). The molecule has 19 heavy (non-hydrogen) atoms. The normalized spacial score (nSPS) is 10.7. The Morgan fingerprint density at radius 2 is 2.21 bits per heavy atom. The monoisotopic (exact) mass is 282 g/mol. The summed E-state index contributed by atoms with van der Waals surface area (Å²) in [5.41, 5.74) is 0.240. The van der Waals surface area contributed by atoms with Crippen molar-refractivity contribution in [1.82, 2.24) is 14.3 Å². The maximum atomic E-state index is 11.9. The third-order valence-corrected chi connectivity index (χ3v) is 3.27. The zero-order valence-electron chi connectivity index (χ0n) is 10.3. The predicted molar refractivity (Wildman–Crippen MR) is 69.4 cm³/mol. The van der Waals surface area contributed by atoms with Crippen LogP contribution in [-0.4, -0.2) is 19.3 Å². The van der Waals surface area contributed by atoms with Crippen LogP contribution in [0, 0.1) is 17.0 Å². The van der Waals surface area contributed by atoms with Crippen molar-refractivity contribution in [2.45, 2.75) is 13.5 Å². The molecule has 0 aromatic carbocycles. The summed E-state index contributed by atoms with van der Waals surface area (Å²) in [5, 5.41) is 15.3. The predicted octanol–water partition coefficient (Wildman–Crippen LogP) is 1.50. The van der Waals surface area contributed by atoms with Crippen molar-refractivity contribution < 1.29 is 4.92 Å². The summed E-state index contributed by atoms with van der Waals surface area (Å²) < 4.78 is 2.74. The molecule has 2 aromatic rings. The molecular formula is C11H11ClN4O3. The standard InChI is InChI=1S/C11H11ClN4O3/c1-7-8(10(12)14(2)13-7)6-15-5-3-4-9(11(15)17)16(18)19/h3-5H,6H2,1-2H3. The molecule has 0 amide bonds. The van der Waals surface area contributed by atoms with E-state index < -0.39 is 16.2 Å². The topological polar surface area (TPSA) is 83.0 Å². The fraction of sp³-hybridized carbons (Fsp3) is 0.273. The van der Waals surface area contributed by atoms with E-state index >= 15 is 0 Å². The van der Waals surface area contributed by atoms with Crippen molar-refractivity contribution in [2.24, 2.45) is 7.05 Å². The third kappa shape index (κ3) is 2.37. The second-order valence-electron chi connectivity index (χ2n) is 4.06. The Bertz CT molecular complexity index is 704. The highest BCUT2D eigenvalue weighted by Gasteiger charge is 2.16. The molecule has 0 spiro atoms. The van der Waals surface area contributed by atoms with Crippen molar-refractivity contribution in [3.63, 3.8) is 0 Å². The van der Waals surface area contributed by atoms with Gasteiger partial charge < -0.3 is 4.57 Å². The summed E-state index contributed by atoms with van der Waals surface area (Å²) in [7, 11) is 1.69. The number of aryl methyl sites for hydroxylation is 2. The summed E-state index contributed by atoms with van der Waals surface area (Å²) >= 11 is 6.07. The largest absolute Gasteiger partial charge is 0.334 e. The van der Waals surface area contributed by atoms with Crippen LogP contribution in [0.1, 0.15) is 11.3 Å². The molecule has 8 heteroatoms. The van der Waals surface area contributed by atoms with Crippen LogP contribution in [0.4, 0.5) is 5.69 Å². The number of rotatable bonds is 3. The molecule has 2 aromatic heterocycles. The van der Waals surface area contributed by atoms with Gasteiger partial charge in [-0.05, 0) is 13.0 Å². The van der Waals surface area contributed by atoms with Gasteiger partial charge in [-0.15, -0.1) is 0 Å². The van der Waals surface area contributed by atoms with E-state index in [4.69, 9.17) is 11.6 Å². The van der Waals surface area contributed by atoms with E-state index in [9.17, 15) is 14.9 Å². The van der Waals surface area contributed by atoms with Crippen molar-refractivity contribution in [3.8, 4) is 0 Å². The first-order valence-electron chi connectivity index (χ1n) is 5.43. The zero-order chi connectivity index (χ0) is 14.2. The van der Waals surface area contributed by atoms with Gasteiger partial charge >= 0.3 is 11.2 Å². The SMILES string of the molecule is Cc1nn(C)c(Cl)c1Cn1cccc([N+](=O)[O-])c1=O. The Morgan fingerprint density at radius 1 is 1.53 bits per heavy atom. The lowest BCUT2D eigenvalue weighted by Gasteiger charge is -2.05. The molecule has 2 heterocycles. The van der Waals surface area contributed by atoms with E-state index in [1.54, 1.807) is 14.0 Å². The molecule has 0 N–H and O–H groups in total. The van der Waals surface area contributed by atoms with Crippen molar-refractivity contribution in [1.29, 1.82) is 0 Å². The Labute approximate surface area is 113 Å². The quantitative estimate of drug-likeness (QED) is 0.631. The van der Waals surface area contributed by atoms with E-state index in [0.29, 0.717) is 16.4 Å². The Hall–Kier alpha value is -2.15. The number of hydrogen-bond acceptors (Lipinski definition) is 4. The molecule has 0 unspecified atom stereocenters. The Morgan fingerprint density at radius 3 is 2.74 bits per heavy atom. The maximum Gasteiger partial charge on any atom is 0.334 e. The minimum atomic E-state index is -0.698. The fourth-order valence-electron chi connectivity index (χ4n) is 1.81. The van der Waals surface area contributed by atoms with Gasteiger partial charge in [0.1, 0.15) is 5.15 Å². The van der Waals surface area contributed by atoms with Crippen molar-refractivity contribution >= 4 is 17.3 Å². The number of nitro groups is 1. The van der Waals surface area contributed by atoms with E-state index in [1.807, 2.05) is 0 Å². The highest BCUT2D eigenvalue weighted by molar-refractivity contribution is 6.30. The Kier molecular flexibility index (Phi) is 3.39. The van der Waals surface area contributed by atoms with Gasteiger partial charge in [0.15, 0.2) is 0 Å². The van der Waals surface area contributed by atoms with Crippen LogP contribution in [0.2, 0.25) is 5.15 Å². The third-order valence-electron chi connectivity index (χ3n) is 2.80. The van der Waals surface area contributed by atoms with E-state index in [-0.39, 0.29) is 6.54 Å². The highest BCUT2D eigenvalue weighted by atomic mass is 35.5. The van der Waals surface area contributed by atoms with Gasteiger partial charge in [-0.2, -0.15) is 5.10 Å². The van der Waals surface area contributed by atoms with E-state index in [1.165, 1.54) is 27.6 Å². The number of pyridine rings is 1. The first-order chi connectivity index (χ1) is 8.91. The van der Waals surface area contributed by atoms with Crippen LogP contribution in [0.3, 0.4) is 0 Å². The lowest BCUT2D eigenvalue weighted by Crippen LogP contribution is -2.22. The van der Waals surface area contributed by atoms with Gasteiger partial charge in [-0.1, -0.05) is 11.6 Å². The average molecular weight is 283 g/mol. The summed E-state index contributed by atoms with van der Waals surface area (Å²) in [5.74, 6) is 0. The van der Waals surface area contributed by atoms with E-state index in [0.717, 1.165) is 0 Å². The lowest BCUT2D eigenvalue weighted by molar-refractivity contribution is -0.386. The highest BCUT2D eigenvalue weighted by Crippen LogP contribution is 2.19. The maximum absolute atomic E-state index is 11.9. The van der Waals surface area contributed by atoms with Gasteiger partial charge in [0, 0.05) is 24.9 Å². The van der Waals surface area contributed by atoms with Gasteiger partial charge in [0.25, 0.3) is 0 Å². The number of nitrogens with zero attached hydrogens (tertiary/aromatic N) is 4. The number of halogens is 1. The number of aromatic nitrogens is 3. The van der Waals surface area contributed by atoms with Crippen LogP contribution in [0.15, 0.2) is 23.1 Å². The minimum absolute atomic E-state index is 0.152. The average Bonchev–Trinajstić information content (AvgIpc) is 2.58. The van der Waals surface area contributed by atoms with Crippen molar-refractivity contribution in [2.75, 3.05) is 0 Å². The molecular weight excluding hydrogens is 272 g/mol. The molecule has 0 aliphatic rings. The minimum Gasteiger partial charge on any atom is -0.305 e. The van der Waals surface area contributed by atoms with Crippen LogP contribution in [0.5, 0.6) is 0 Å². The molecule has 0 radical (unpaired) electrons. The first-order valence-corrected chi connectivity index (χ1v) is 5.81. The molecule has 0 aliphatic carbocycles. The molecule has 100 valence electrons. The van der Waals surface area contributed by atoms with Crippen molar-refractivity contribution in [3.05, 3.63) is 55.2 Å². The van der Waals surface area contributed by atoms with E-state index in [2.05, 4.69) is 5.10 Å². The Balaban J connectivity index is 2.47. The van der Waals surface area contributed by atoms with Gasteiger partial charge in [-0.25, -0.2) is 0 Å². The van der Waals surface area contributed by atoms with Crippen LogP contribution in [0.25, 0.3) is 0 Å². The summed E-state index contributed by atoms with van der Waals surface area (Å²) in [6.07, 6.45) is 1.48. The molecule has 0 saturated heterocycles. The zero-order valence-corrected chi connectivity index (χ0v) is 11.1. The van der Waals surface area contributed by atoms with Gasteiger partial charge in [0.2, 0.25) is 0 Å². The molecule has 7 nitrogen and oxygen atoms in total. The molecule has 0 aliphatic heterocycles. The molecule has 0 bridgehead atoms. The summed E-state index contributed by atoms with van der Waals surface area (Å²) in [6, 6.07) is 2.63. The summed E-state index contributed by atoms with van der Waals surface area (Å²) in [4.78, 5) is 21.9.